The molecule has 1 aliphatic rings. The molecule has 3 N–H and O–H groups in total. The Balaban J connectivity index is 2.73. The molecule has 0 amide bonds. The molecule has 0 heterocycles. The lowest BCUT2D eigenvalue weighted by molar-refractivity contribution is -0.161. The maximum atomic E-state index is 12.9. The van der Waals surface area contributed by atoms with E-state index in [1.807, 2.05) is 0 Å². The summed E-state index contributed by atoms with van der Waals surface area (Å²) in [5.41, 5.74) is 5.17. The minimum Gasteiger partial charge on any atom is -0.409 e. The van der Waals surface area contributed by atoms with Crippen LogP contribution in [-0.2, 0) is 0 Å². The molecule has 0 aromatic heterocycles. The molecule has 0 spiro atoms. The first kappa shape index (κ1) is 16.1. The van der Waals surface area contributed by atoms with Gasteiger partial charge in [-0.15, -0.1) is 0 Å². The van der Waals surface area contributed by atoms with Crippen molar-refractivity contribution in [2.45, 2.75) is 44.8 Å². The second-order valence-corrected chi connectivity index (χ2v) is 5.39. The first-order valence-corrected chi connectivity index (χ1v) is 6.51. The average molecular weight is 281 g/mol. The summed E-state index contributed by atoms with van der Waals surface area (Å²) >= 11 is 0. The minimum atomic E-state index is -4.50. The van der Waals surface area contributed by atoms with Crippen molar-refractivity contribution in [1.82, 2.24) is 4.90 Å². The largest absolute Gasteiger partial charge is 0.409 e. The highest BCUT2D eigenvalue weighted by molar-refractivity contribution is 5.83. The van der Waals surface area contributed by atoms with Gasteiger partial charge in [0.25, 0.3) is 0 Å². The van der Waals surface area contributed by atoms with Crippen molar-refractivity contribution >= 4 is 5.84 Å². The summed E-state index contributed by atoms with van der Waals surface area (Å²) in [5.74, 6) is -2.32. The van der Waals surface area contributed by atoms with E-state index in [1.165, 1.54) is 0 Å². The predicted octanol–water partition coefficient (Wildman–Crippen LogP) is 2.42. The highest BCUT2D eigenvalue weighted by Crippen LogP contribution is 2.31. The lowest BCUT2D eigenvalue weighted by atomic mass is 9.84. The highest BCUT2D eigenvalue weighted by atomic mass is 19.4. The van der Waals surface area contributed by atoms with Crippen molar-refractivity contribution < 1.29 is 18.4 Å². The highest BCUT2D eigenvalue weighted by Gasteiger charge is 2.44. The number of amidine groups is 1. The number of oxime groups is 1. The smallest absolute Gasteiger partial charge is 0.400 e. The van der Waals surface area contributed by atoms with E-state index in [0.717, 1.165) is 25.7 Å². The molecule has 0 aromatic rings. The maximum absolute atomic E-state index is 12.9. The predicted molar refractivity (Wildman–Crippen MR) is 67.0 cm³/mol. The normalized spacial score (nSPS) is 27.6. The van der Waals surface area contributed by atoms with Gasteiger partial charge in [0.15, 0.2) is 5.84 Å². The van der Waals surface area contributed by atoms with Crippen LogP contribution in [0.15, 0.2) is 5.16 Å². The number of nitrogens with two attached hydrogens (primary N) is 1. The van der Waals surface area contributed by atoms with Crippen LogP contribution in [0.1, 0.15) is 32.6 Å². The molecule has 3 unspecified atom stereocenters. The fraction of sp³-hybridized carbons (Fsp3) is 0.917. The number of alkyl halides is 3. The Bertz CT molecular complexity index is 320. The van der Waals surface area contributed by atoms with Crippen molar-refractivity contribution in [3.63, 3.8) is 0 Å². The van der Waals surface area contributed by atoms with Crippen molar-refractivity contribution in [3.8, 4) is 0 Å². The molecular formula is C12H22F3N3O. The summed E-state index contributed by atoms with van der Waals surface area (Å²) in [6.45, 7) is 1.79. The van der Waals surface area contributed by atoms with E-state index in [4.69, 9.17) is 10.9 Å². The van der Waals surface area contributed by atoms with E-state index in [1.54, 1.807) is 11.9 Å². The molecule has 0 saturated heterocycles. The van der Waals surface area contributed by atoms with Crippen LogP contribution in [-0.4, -0.2) is 41.8 Å². The van der Waals surface area contributed by atoms with Crippen molar-refractivity contribution in [2.24, 2.45) is 22.7 Å². The van der Waals surface area contributed by atoms with E-state index in [-0.39, 0.29) is 12.6 Å². The van der Waals surface area contributed by atoms with Crippen molar-refractivity contribution in [2.75, 3.05) is 13.6 Å². The van der Waals surface area contributed by atoms with Crippen LogP contribution in [0.4, 0.5) is 13.2 Å². The number of halogens is 3. The molecule has 1 saturated carbocycles. The molecule has 1 fully saturated rings. The Kier molecular flexibility index (Phi) is 5.46. The van der Waals surface area contributed by atoms with Crippen LogP contribution < -0.4 is 5.73 Å². The van der Waals surface area contributed by atoms with Crippen LogP contribution in [0.2, 0.25) is 0 Å². The number of rotatable bonds is 4. The van der Waals surface area contributed by atoms with Gasteiger partial charge in [-0.1, -0.05) is 24.9 Å². The van der Waals surface area contributed by atoms with Crippen LogP contribution in [0, 0.1) is 11.8 Å². The van der Waals surface area contributed by atoms with E-state index in [2.05, 4.69) is 12.1 Å². The summed E-state index contributed by atoms with van der Waals surface area (Å²) in [4.78, 5) is 1.69. The minimum absolute atomic E-state index is 0.130. The quantitative estimate of drug-likeness (QED) is 0.360. The van der Waals surface area contributed by atoms with Gasteiger partial charge >= 0.3 is 6.18 Å². The number of nitrogens with zero attached hydrogens (tertiary/aromatic N) is 2. The van der Waals surface area contributed by atoms with Gasteiger partial charge in [0.2, 0.25) is 0 Å². The summed E-state index contributed by atoms with van der Waals surface area (Å²) < 4.78 is 38.7. The standard InChI is InChI=1S/C12H22F3N3O/c1-8-5-3-4-6-10(8)18(2)7-9(11(16)17-19)12(13,14)15/h8-10,19H,3-7H2,1-2H3,(H2,16,17). The third kappa shape index (κ3) is 4.26. The zero-order valence-corrected chi connectivity index (χ0v) is 11.3. The second kappa shape index (κ2) is 6.45. The molecule has 4 nitrogen and oxygen atoms in total. The Hall–Kier alpha value is -0.980. The van der Waals surface area contributed by atoms with Crippen LogP contribution in [0.3, 0.4) is 0 Å². The fourth-order valence-corrected chi connectivity index (χ4v) is 2.81. The monoisotopic (exact) mass is 281 g/mol. The van der Waals surface area contributed by atoms with Gasteiger partial charge in [0, 0.05) is 12.6 Å². The van der Waals surface area contributed by atoms with Gasteiger partial charge in [-0.05, 0) is 25.8 Å². The molecular weight excluding hydrogens is 259 g/mol. The molecule has 7 heteroatoms. The zero-order valence-electron chi connectivity index (χ0n) is 11.3. The average Bonchev–Trinajstić information content (AvgIpc) is 2.34. The molecule has 0 aliphatic heterocycles. The molecule has 0 aromatic carbocycles. The molecule has 3 atom stereocenters. The Labute approximate surface area is 111 Å². The Morgan fingerprint density at radius 3 is 2.47 bits per heavy atom. The molecule has 19 heavy (non-hydrogen) atoms. The second-order valence-electron chi connectivity index (χ2n) is 5.39. The molecule has 112 valence electrons. The van der Waals surface area contributed by atoms with Crippen LogP contribution in [0.5, 0.6) is 0 Å². The van der Waals surface area contributed by atoms with Crippen molar-refractivity contribution in [1.29, 1.82) is 0 Å². The van der Waals surface area contributed by atoms with Crippen LogP contribution in [0.25, 0.3) is 0 Å². The lowest BCUT2D eigenvalue weighted by Crippen LogP contribution is -2.48. The third-order valence-electron chi connectivity index (χ3n) is 3.97. The van der Waals surface area contributed by atoms with E-state index in [0.29, 0.717) is 5.92 Å². The zero-order chi connectivity index (χ0) is 14.6. The Morgan fingerprint density at radius 1 is 1.42 bits per heavy atom. The molecule has 0 bridgehead atoms. The molecule has 1 rings (SSSR count). The van der Waals surface area contributed by atoms with E-state index < -0.39 is 17.9 Å². The number of hydrogen-bond acceptors (Lipinski definition) is 3. The van der Waals surface area contributed by atoms with E-state index >= 15 is 0 Å². The summed E-state index contributed by atoms with van der Waals surface area (Å²) in [7, 11) is 1.68. The van der Waals surface area contributed by atoms with Gasteiger partial charge in [0.05, 0.1) is 0 Å². The lowest BCUT2D eigenvalue weighted by Gasteiger charge is -2.38. The van der Waals surface area contributed by atoms with Gasteiger partial charge in [0.1, 0.15) is 5.92 Å². The molecule has 0 radical (unpaired) electrons. The van der Waals surface area contributed by atoms with E-state index in [9.17, 15) is 13.2 Å². The van der Waals surface area contributed by atoms with Gasteiger partial charge in [-0.2, -0.15) is 13.2 Å². The van der Waals surface area contributed by atoms with Gasteiger partial charge in [-0.25, -0.2) is 0 Å². The number of hydrogen-bond donors (Lipinski definition) is 2. The first-order valence-electron chi connectivity index (χ1n) is 6.51. The van der Waals surface area contributed by atoms with Crippen LogP contribution >= 0.6 is 0 Å². The first-order chi connectivity index (χ1) is 8.77. The van der Waals surface area contributed by atoms with Gasteiger partial charge < -0.3 is 15.8 Å². The Morgan fingerprint density at radius 2 is 2.00 bits per heavy atom. The van der Waals surface area contributed by atoms with Gasteiger partial charge in [-0.3, -0.25) is 0 Å². The molecule has 1 aliphatic carbocycles. The fourth-order valence-electron chi connectivity index (χ4n) is 2.81. The third-order valence-corrected chi connectivity index (χ3v) is 3.97. The summed E-state index contributed by atoms with van der Waals surface area (Å²) in [6.07, 6.45) is -0.385. The topological polar surface area (TPSA) is 61.8 Å². The summed E-state index contributed by atoms with van der Waals surface area (Å²) in [5, 5.41) is 11.0. The maximum Gasteiger partial charge on any atom is 0.400 e. The van der Waals surface area contributed by atoms with Crippen molar-refractivity contribution in [3.05, 3.63) is 0 Å². The summed E-state index contributed by atoms with van der Waals surface area (Å²) in [6, 6.07) is 0.130. The SMILES string of the molecule is CC1CCCCC1N(C)CC(C(N)=NO)C(F)(F)F.